The third-order valence-electron chi connectivity index (χ3n) is 6.31. The summed E-state index contributed by atoms with van der Waals surface area (Å²) >= 11 is 0.712. The predicted octanol–water partition coefficient (Wildman–Crippen LogP) is 6.14. The van der Waals surface area contributed by atoms with Crippen molar-refractivity contribution in [3.8, 4) is 11.6 Å². The first kappa shape index (κ1) is 24.3. The van der Waals surface area contributed by atoms with Crippen molar-refractivity contribution in [3.63, 3.8) is 0 Å². The zero-order valence-corrected chi connectivity index (χ0v) is 25.6. The third-order valence-corrected chi connectivity index (χ3v) is 17.4. The summed E-state index contributed by atoms with van der Waals surface area (Å²) in [6.07, 6.45) is -0.0804. The molecule has 0 spiro atoms. The summed E-state index contributed by atoms with van der Waals surface area (Å²) < 4.78 is 27.8. The quantitative estimate of drug-likeness (QED) is 0.111. The van der Waals surface area contributed by atoms with Gasteiger partial charge in [0.25, 0.3) is 0 Å². The fourth-order valence-electron chi connectivity index (χ4n) is 4.63. The molecule has 0 saturated carbocycles. The van der Waals surface area contributed by atoms with Gasteiger partial charge in [-0.2, -0.15) is 0 Å². The van der Waals surface area contributed by atoms with Crippen LogP contribution in [0.1, 0.15) is 23.6 Å². The summed E-state index contributed by atoms with van der Waals surface area (Å²) in [5, 5.41) is 1.62. The molecule has 8 heteroatoms. The second-order valence-electron chi connectivity index (χ2n) is 8.62. The van der Waals surface area contributed by atoms with Crippen molar-refractivity contribution >= 4 is 74.1 Å². The molecule has 0 aromatic heterocycles. The number of nitrogens with zero attached hydrogens (tertiary/aromatic N) is 1. The van der Waals surface area contributed by atoms with Gasteiger partial charge < -0.3 is 0 Å². The molecule has 0 radical (unpaired) electrons. The first-order valence-electron chi connectivity index (χ1n) is 11.6. The Labute approximate surface area is 229 Å². The van der Waals surface area contributed by atoms with Gasteiger partial charge in [-0.15, -0.1) is 0 Å². The maximum absolute atomic E-state index is 15.1. The van der Waals surface area contributed by atoms with Gasteiger partial charge in [0, 0.05) is 0 Å². The van der Waals surface area contributed by atoms with E-state index in [2.05, 4.69) is 35.8 Å². The van der Waals surface area contributed by atoms with Crippen molar-refractivity contribution in [2.75, 3.05) is 0 Å². The minimum atomic E-state index is -0.783. The number of benzene rings is 4. The van der Waals surface area contributed by atoms with Gasteiger partial charge in [-0.05, 0) is 0 Å². The van der Waals surface area contributed by atoms with Crippen LogP contribution >= 0.6 is 15.1 Å². The van der Waals surface area contributed by atoms with Gasteiger partial charge in [0.1, 0.15) is 0 Å². The molecule has 36 heavy (non-hydrogen) atoms. The zero-order chi connectivity index (χ0) is 24.6. The molecule has 172 valence electrons. The monoisotopic (exact) mass is 699 g/mol. The molecule has 0 N–H and O–H groups in total. The van der Waals surface area contributed by atoms with Crippen molar-refractivity contribution < 1.29 is 13.7 Å². The van der Waals surface area contributed by atoms with Crippen LogP contribution in [0, 0.1) is 17.4 Å². The Kier molecular flexibility index (Phi) is 7.02. The standard InChI is InChI=1S/C28H19BFNO2PS.Tl/c1-18-28-33-29(32-18)24-17-22(16-21-12-13-25(30)23(26(21)24)14-15-34(28)35)31-27(19-8-4-2-5-9-19)20-10-6-3-7-11-20;/h2-13,16-18,28H,1H3;/q-1;+1. The molecule has 3 nitrogen and oxygen atoms in total. The van der Waals surface area contributed by atoms with Crippen LogP contribution in [0.4, 0.5) is 10.1 Å². The Morgan fingerprint density at radius 1 is 1.00 bits per heavy atom. The Hall–Kier alpha value is -2.01. The summed E-state index contributed by atoms with van der Waals surface area (Å²) in [5.41, 5.74) is 8.21. The Bertz CT molecular complexity index is 1500. The van der Waals surface area contributed by atoms with E-state index >= 15 is 4.39 Å². The van der Waals surface area contributed by atoms with Gasteiger partial charge in [0.05, 0.1) is 0 Å². The second-order valence-corrected chi connectivity index (χ2v) is 19.4. The zero-order valence-electron chi connectivity index (χ0n) is 19.4. The van der Waals surface area contributed by atoms with Gasteiger partial charge in [-0.3, -0.25) is 0 Å². The average Bonchev–Trinajstić information content (AvgIpc) is 3.32. The van der Waals surface area contributed by atoms with Crippen molar-refractivity contribution in [2.45, 2.75) is 18.9 Å². The van der Waals surface area contributed by atoms with Gasteiger partial charge in [0.15, 0.2) is 0 Å². The fraction of sp³-hybridized carbons (Fsp3) is 0.107. The Balaban J connectivity index is 1.59. The van der Waals surface area contributed by atoms with Gasteiger partial charge >= 0.3 is 194 Å². The number of hydrogen-bond donors (Lipinski definition) is 0. The summed E-state index contributed by atoms with van der Waals surface area (Å²) in [6.45, 7) is 2.04. The fourth-order valence-corrected chi connectivity index (χ4v) is 13.2. The number of aliphatic imine (C=N–C) groups is 1. The summed E-state index contributed by atoms with van der Waals surface area (Å²) in [4.78, 5) is 5.13. The van der Waals surface area contributed by atoms with Crippen LogP contribution in [-0.4, -0.2) is 49.0 Å². The summed E-state index contributed by atoms with van der Waals surface area (Å²) in [6, 6.07) is 27.5. The van der Waals surface area contributed by atoms with Crippen LogP contribution in [0.3, 0.4) is 0 Å². The molecule has 6 rings (SSSR count). The van der Waals surface area contributed by atoms with Crippen LogP contribution in [-0.2, 0) is 9.31 Å². The van der Waals surface area contributed by atoms with Crippen molar-refractivity contribution in [2.24, 2.45) is 4.99 Å². The normalized spacial score (nSPS) is 20.1. The Morgan fingerprint density at radius 2 is 1.69 bits per heavy atom. The van der Waals surface area contributed by atoms with E-state index in [1.165, 1.54) is 6.07 Å². The van der Waals surface area contributed by atoms with Crippen LogP contribution in [0.15, 0.2) is 89.9 Å². The summed E-state index contributed by atoms with van der Waals surface area (Å²) in [7, 11) is 0.453. The molecule has 0 amide bonds. The molecule has 3 unspecified atom stereocenters. The van der Waals surface area contributed by atoms with Crippen LogP contribution in [0.5, 0.6) is 0 Å². The summed E-state index contributed by atoms with van der Waals surface area (Å²) in [5.74, 6) is 2.78. The first-order chi connectivity index (χ1) is 17.6. The molecule has 2 aliphatic rings. The van der Waals surface area contributed by atoms with E-state index in [4.69, 9.17) is 14.3 Å². The number of hydrogen-bond acceptors (Lipinski definition) is 4. The topological polar surface area (TPSA) is 30.8 Å². The average molecular weight is 699 g/mol. The van der Waals surface area contributed by atoms with E-state index in [9.17, 15) is 0 Å². The van der Waals surface area contributed by atoms with Crippen LogP contribution in [0.25, 0.3) is 10.8 Å². The molecule has 4 aromatic rings. The molecular formula is C28H19BFNO2PSTl. The molecule has 4 aromatic carbocycles. The maximum atomic E-state index is 15.1. The van der Waals surface area contributed by atoms with Crippen molar-refractivity contribution in [1.29, 1.82) is 0 Å². The van der Waals surface area contributed by atoms with E-state index in [1.54, 1.807) is 6.07 Å². The molecule has 2 aliphatic heterocycles. The third kappa shape index (κ3) is 4.57. The van der Waals surface area contributed by atoms with E-state index < -0.39 is 14.2 Å². The molecular weight excluding hydrogens is 680 g/mol. The molecule has 1 saturated heterocycles. The SMILES string of the molecule is CC1OB2OC1P([S][Tl])C#Cc1c(F)ccc3cc(N=C(c4ccccc4)c4ccccc4)cc2c13. The molecule has 1 fully saturated rings. The second kappa shape index (κ2) is 10.4. The molecule has 3 atom stereocenters. The predicted molar refractivity (Wildman–Crippen MR) is 150 cm³/mol. The molecule has 0 aliphatic carbocycles. The number of halogens is 1. The van der Waals surface area contributed by atoms with E-state index in [-0.39, 0.29) is 17.8 Å². The molecule has 2 heterocycles. The van der Waals surface area contributed by atoms with Gasteiger partial charge in [-0.25, -0.2) is 0 Å². The number of fused-ring (bicyclic) bond motifs is 3. The van der Waals surface area contributed by atoms with E-state index in [0.717, 1.165) is 38.8 Å². The van der Waals surface area contributed by atoms with Gasteiger partial charge in [-0.1, -0.05) is 36.4 Å². The van der Waals surface area contributed by atoms with Crippen molar-refractivity contribution in [3.05, 3.63) is 107 Å². The Morgan fingerprint density at radius 3 is 2.36 bits per heavy atom. The van der Waals surface area contributed by atoms with Crippen LogP contribution in [0.2, 0.25) is 0 Å². The van der Waals surface area contributed by atoms with E-state index in [1.807, 2.05) is 63.4 Å². The minimum absolute atomic E-state index is 0.0804. The van der Waals surface area contributed by atoms with Gasteiger partial charge in [0.2, 0.25) is 0 Å². The van der Waals surface area contributed by atoms with E-state index in [0.29, 0.717) is 29.8 Å². The van der Waals surface area contributed by atoms with Crippen LogP contribution < -0.4 is 5.46 Å². The first-order valence-corrected chi connectivity index (χ1v) is 20.0. The van der Waals surface area contributed by atoms with Crippen molar-refractivity contribution in [1.82, 2.24) is 0 Å². The molecule has 2 bridgehead atoms. The number of rotatable bonds is 4.